The number of hydrogen-bond acceptors (Lipinski definition) is 1. The fourth-order valence-corrected chi connectivity index (χ4v) is 1.94. The van der Waals surface area contributed by atoms with Crippen LogP contribution < -0.4 is 0 Å². The number of nitrogens with zero attached hydrogens (tertiary/aromatic N) is 1. The highest BCUT2D eigenvalue weighted by Gasteiger charge is 2.05. The summed E-state index contributed by atoms with van der Waals surface area (Å²) >= 11 is 0. The van der Waals surface area contributed by atoms with E-state index in [-0.39, 0.29) is 5.82 Å². The van der Waals surface area contributed by atoms with Gasteiger partial charge in [-0.05, 0) is 42.9 Å². The van der Waals surface area contributed by atoms with Crippen LogP contribution in [0.1, 0.15) is 5.56 Å². The first-order chi connectivity index (χ1) is 8.16. The van der Waals surface area contributed by atoms with Gasteiger partial charge >= 0.3 is 0 Å². The van der Waals surface area contributed by atoms with Gasteiger partial charge in [-0.15, -0.1) is 0 Å². The molecule has 0 heterocycles. The average molecular weight is 229 g/mol. The van der Waals surface area contributed by atoms with Crippen LogP contribution in [0.2, 0.25) is 0 Å². The zero-order valence-electron chi connectivity index (χ0n) is 10.2. The first kappa shape index (κ1) is 11.8. The quantitative estimate of drug-likeness (QED) is 0.778. The molecular weight excluding hydrogens is 213 g/mol. The average Bonchev–Trinajstić information content (AvgIpc) is 2.29. The van der Waals surface area contributed by atoms with Crippen LogP contribution in [0, 0.1) is 5.82 Å². The minimum atomic E-state index is -0.192. The highest BCUT2D eigenvalue weighted by molar-refractivity contribution is 5.67. The van der Waals surface area contributed by atoms with E-state index in [4.69, 9.17) is 0 Å². The van der Waals surface area contributed by atoms with Gasteiger partial charge in [0.15, 0.2) is 0 Å². The van der Waals surface area contributed by atoms with Crippen LogP contribution >= 0.6 is 0 Å². The molecule has 2 aromatic carbocycles. The molecule has 0 radical (unpaired) electrons. The van der Waals surface area contributed by atoms with Gasteiger partial charge in [-0.2, -0.15) is 0 Å². The van der Waals surface area contributed by atoms with E-state index >= 15 is 0 Å². The van der Waals surface area contributed by atoms with Crippen molar-refractivity contribution in [1.29, 1.82) is 0 Å². The minimum Gasteiger partial charge on any atom is -0.305 e. The molecule has 0 atom stereocenters. The number of hydrogen-bond donors (Lipinski definition) is 0. The van der Waals surface area contributed by atoms with Gasteiger partial charge in [0.25, 0.3) is 0 Å². The largest absolute Gasteiger partial charge is 0.305 e. The van der Waals surface area contributed by atoms with Gasteiger partial charge in [0.1, 0.15) is 5.82 Å². The molecule has 0 saturated heterocycles. The van der Waals surface area contributed by atoms with Gasteiger partial charge in [-0.25, -0.2) is 4.39 Å². The summed E-state index contributed by atoms with van der Waals surface area (Å²) < 4.78 is 13.2. The van der Waals surface area contributed by atoms with Gasteiger partial charge in [0.2, 0.25) is 0 Å². The van der Waals surface area contributed by atoms with Crippen molar-refractivity contribution in [3.63, 3.8) is 0 Å². The van der Waals surface area contributed by atoms with Crippen molar-refractivity contribution in [3.8, 4) is 11.1 Å². The van der Waals surface area contributed by atoms with Crippen LogP contribution in [-0.2, 0) is 6.54 Å². The van der Waals surface area contributed by atoms with E-state index in [9.17, 15) is 4.39 Å². The first-order valence-electron chi connectivity index (χ1n) is 5.65. The molecule has 88 valence electrons. The van der Waals surface area contributed by atoms with E-state index in [1.165, 1.54) is 11.6 Å². The summed E-state index contributed by atoms with van der Waals surface area (Å²) in [5, 5.41) is 0. The van der Waals surface area contributed by atoms with Crippen LogP contribution in [-0.4, -0.2) is 19.0 Å². The second-order valence-electron chi connectivity index (χ2n) is 4.41. The molecule has 0 N–H and O–H groups in total. The van der Waals surface area contributed by atoms with E-state index in [1.54, 1.807) is 12.1 Å². The Hall–Kier alpha value is -1.67. The molecule has 0 aliphatic heterocycles. The number of halogens is 1. The molecule has 0 saturated carbocycles. The van der Waals surface area contributed by atoms with E-state index in [0.29, 0.717) is 0 Å². The van der Waals surface area contributed by atoms with Crippen molar-refractivity contribution >= 4 is 0 Å². The molecular formula is C15H16FN. The Morgan fingerprint density at radius 3 is 2.47 bits per heavy atom. The summed E-state index contributed by atoms with van der Waals surface area (Å²) in [6.45, 7) is 0.854. The molecule has 0 aromatic heterocycles. The summed E-state index contributed by atoms with van der Waals surface area (Å²) in [4.78, 5) is 2.11. The topological polar surface area (TPSA) is 3.24 Å². The van der Waals surface area contributed by atoms with Gasteiger partial charge < -0.3 is 4.90 Å². The van der Waals surface area contributed by atoms with Crippen molar-refractivity contribution < 1.29 is 4.39 Å². The summed E-state index contributed by atoms with van der Waals surface area (Å²) in [6.07, 6.45) is 0. The van der Waals surface area contributed by atoms with Crippen molar-refractivity contribution in [1.82, 2.24) is 4.90 Å². The van der Waals surface area contributed by atoms with E-state index < -0.39 is 0 Å². The van der Waals surface area contributed by atoms with Gasteiger partial charge in [-0.1, -0.05) is 36.4 Å². The fourth-order valence-electron chi connectivity index (χ4n) is 1.94. The van der Waals surface area contributed by atoms with E-state index in [2.05, 4.69) is 11.0 Å². The molecule has 1 nitrogen and oxygen atoms in total. The Bertz CT molecular complexity index is 506. The van der Waals surface area contributed by atoms with Crippen molar-refractivity contribution in [2.24, 2.45) is 0 Å². The zero-order valence-corrected chi connectivity index (χ0v) is 10.2. The number of benzene rings is 2. The lowest BCUT2D eigenvalue weighted by Crippen LogP contribution is -2.11. The summed E-state index contributed by atoms with van der Waals surface area (Å²) in [5.41, 5.74) is 3.24. The lowest BCUT2D eigenvalue weighted by Gasteiger charge is -2.14. The summed E-state index contributed by atoms with van der Waals surface area (Å²) in [6, 6.07) is 14.9. The van der Waals surface area contributed by atoms with Crippen LogP contribution in [0.4, 0.5) is 4.39 Å². The molecule has 0 aliphatic rings. The second kappa shape index (κ2) is 5.11. The monoisotopic (exact) mass is 229 g/mol. The van der Waals surface area contributed by atoms with Gasteiger partial charge in [0, 0.05) is 6.54 Å². The molecule has 0 aliphatic carbocycles. The Labute approximate surface area is 102 Å². The van der Waals surface area contributed by atoms with Crippen LogP contribution in [0.15, 0.2) is 48.5 Å². The molecule has 0 bridgehead atoms. The predicted octanol–water partition coefficient (Wildman–Crippen LogP) is 3.55. The third-order valence-electron chi connectivity index (χ3n) is 2.64. The van der Waals surface area contributed by atoms with Gasteiger partial charge in [-0.3, -0.25) is 0 Å². The highest BCUT2D eigenvalue weighted by atomic mass is 19.1. The molecule has 0 amide bonds. The van der Waals surface area contributed by atoms with Crippen LogP contribution in [0.5, 0.6) is 0 Å². The zero-order chi connectivity index (χ0) is 12.3. The normalized spacial score (nSPS) is 10.8. The molecule has 2 heteroatoms. The molecule has 2 aromatic rings. The third-order valence-corrected chi connectivity index (χ3v) is 2.64. The first-order valence-corrected chi connectivity index (χ1v) is 5.65. The van der Waals surface area contributed by atoms with E-state index in [0.717, 1.165) is 17.7 Å². The maximum atomic E-state index is 13.2. The Kier molecular flexibility index (Phi) is 3.55. The Balaban J connectivity index is 2.44. The van der Waals surface area contributed by atoms with Crippen molar-refractivity contribution in [2.75, 3.05) is 14.1 Å². The highest BCUT2D eigenvalue weighted by Crippen LogP contribution is 2.24. The second-order valence-corrected chi connectivity index (χ2v) is 4.41. The van der Waals surface area contributed by atoms with Crippen LogP contribution in [0.25, 0.3) is 11.1 Å². The Morgan fingerprint density at radius 1 is 1.00 bits per heavy atom. The third kappa shape index (κ3) is 2.92. The predicted molar refractivity (Wildman–Crippen MR) is 69.2 cm³/mol. The summed E-state index contributed by atoms with van der Waals surface area (Å²) in [7, 11) is 4.06. The van der Waals surface area contributed by atoms with Gasteiger partial charge in [0.05, 0.1) is 0 Å². The molecule has 2 rings (SSSR count). The van der Waals surface area contributed by atoms with Crippen molar-refractivity contribution in [2.45, 2.75) is 6.54 Å². The number of rotatable bonds is 3. The Morgan fingerprint density at radius 2 is 1.76 bits per heavy atom. The summed E-state index contributed by atoms with van der Waals surface area (Å²) in [5.74, 6) is -0.192. The lowest BCUT2D eigenvalue weighted by molar-refractivity contribution is 0.403. The minimum absolute atomic E-state index is 0.192. The van der Waals surface area contributed by atoms with Crippen LogP contribution in [0.3, 0.4) is 0 Å². The van der Waals surface area contributed by atoms with E-state index in [1.807, 2.05) is 38.4 Å². The molecule has 0 spiro atoms. The smallest absolute Gasteiger partial charge is 0.123 e. The van der Waals surface area contributed by atoms with Crippen molar-refractivity contribution in [3.05, 3.63) is 59.9 Å². The SMILES string of the molecule is CN(C)Cc1ccccc1-c1cccc(F)c1. The standard InChI is InChI=1S/C15H16FN/c1-17(2)11-13-6-3-4-9-15(13)12-7-5-8-14(16)10-12/h3-10H,11H2,1-2H3. The maximum absolute atomic E-state index is 13.2. The molecule has 0 unspecified atom stereocenters. The molecule has 17 heavy (non-hydrogen) atoms. The lowest BCUT2D eigenvalue weighted by atomic mass is 9.99. The molecule has 0 fully saturated rings. The maximum Gasteiger partial charge on any atom is 0.123 e. The fraction of sp³-hybridized carbons (Fsp3) is 0.200.